The first-order chi connectivity index (χ1) is 6.77. The second-order valence-corrected chi connectivity index (χ2v) is 4.22. The first kappa shape index (κ1) is 11.9. The van der Waals surface area contributed by atoms with Gasteiger partial charge in [0.15, 0.2) is 0 Å². The maximum atomic E-state index is 5.25. The van der Waals surface area contributed by atoms with Crippen LogP contribution in [0.4, 0.5) is 0 Å². The number of hydrogen-bond donors (Lipinski definition) is 2. The molecule has 0 aliphatic carbocycles. The van der Waals surface area contributed by atoms with Gasteiger partial charge in [0.25, 0.3) is 0 Å². The summed E-state index contributed by atoms with van der Waals surface area (Å²) in [6, 6.07) is 5.99. The highest BCUT2D eigenvalue weighted by Crippen LogP contribution is 2.22. The standard InChI is InChI=1S/C10H14BrNOS/c1-13-10-3-2-9(11)6-8(10)7-12-4-5-14/h2-3,6,12,14H,4-5,7H2,1H3. The van der Waals surface area contributed by atoms with Crippen LogP contribution in [0.5, 0.6) is 5.75 Å². The Hall–Kier alpha value is -0.190. The zero-order chi connectivity index (χ0) is 10.4. The summed E-state index contributed by atoms with van der Waals surface area (Å²) in [5.74, 6) is 1.76. The number of ether oxygens (including phenoxy) is 1. The molecule has 0 aliphatic heterocycles. The Labute approximate surface area is 98.6 Å². The normalized spacial score (nSPS) is 10.2. The van der Waals surface area contributed by atoms with Gasteiger partial charge in [0.05, 0.1) is 7.11 Å². The van der Waals surface area contributed by atoms with Crippen LogP contribution in [0.25, 0.3) is 0 Å². The van der Waals surface area contributed by atoms with Crippen molar-refractivity contribution < 1.29 is 4.74 Å². The first-order valence-corrected chi connectivity index (χ1v) is 5.84. The van der Waals surface area contributed by atoms with Crippen LogP contribution in [0.15, 0.2) is 22.7 Å². The molecule has 0 fully saturated rings. The number of rotatable bonds is 5. The molecule has 1 rings (SSSR count). The maximum Gasteiger partial charge on any atom is 0.123 e. The summed E-state index contributed by atoms with van der Waals surface area (Å²) in [5.41, 5.74) is 1.16. The predicted molar refractivity (Wildman–Crippen MR) is 66.3 cm³/mol. The average molecular weight is 276 g/mol. The summed E-state index contributed by atoms with van der Waals surface area (Å²) in [7, 11) is 1.69. The SMILES string of the molecule is COc1ccc(Br)cc1CNCCS. The Morgan fingerprint density at radius 3 is 2.93 bits per heavy atom. The van der Waals surface area contributed by atoms with Crippen LogP contribution < -0.4 is 10.1 Å². The van der Waals surface area contributed by atoms with Crippen LogP contribution in [0.2, 0.25) is 0 Å². The minimum atomic E-state index is 0.809. The molecule has 4 heteroatoms. The van der Waals surface area contributed by atoms with E-state index >= 15 is 0 Å². The summed E-state index contributed by atoms with van der Waals surface area (Å²) >= 11 is 7.57. The van der Waals surface area contributed by atoms with Crippen molar-refractivity contribution in [2.24, 2.45) is 0 Å². The van der Waals surface area contributed by atoms with Crippen LogP contribution in [0, 0.1) is 0 Å². The van der Waals surface area contributed by atoms with Gasteiger partial charge in [0.2, 0.25) is 0 Å². The number of thiol groups is 1. The Bertz CT molecular complexity index is 293. The number of methoxy groups -OCH3 is 1. The van der Waals surface area contributed by atoms with Crippen LogP contribution in [-0.2, 0) is 6.54 Å². The van der Waals surface area contributed by atoms with Gasteiger partial charge >= 0.3 is 0 Å². The van der Waals surface area contributed by atoms with Gasteiger partial charge in [0, 0.05) is 28.9 Å². The van der Waals surface area contributed by atoms with Crippen molar-refractivity contribution in [1.82, 2.24) is 5.32 Å². The van der Waals surface area contributed by atoms with E-state index in [1.807, 2.05) is 12.1 Å². The average Bonchev–Trinajstić information content (AvgIpc) is 2.19. The molecule has 0 amide bonds. The van der Waals surface area contributed by atoms with Gasteiger partial charge in [-0.1, -0.05) is 15.9 Å². The predicted octanol–water partition coefficient (Wildman–Crippen LogP) is 2.48. The van der Waals surface area contributed by atoms with Gasteiger partial charge in [-0.3, -0.25) is 0 Å². The molecule has 1 aromatic rings. The number of nitrogens with one attached hydrogen (secondary N) is 1. The van der Waals surface area contributed by atoms with Gasteiger partial charge in [-0.2, -0.15) is 12.6 Å². The number of hydrogen-bond acceptors (Lipinski definition) is 3. The Morgan fingerprint density at radius 1 is 1.50 bits per heavy atom. The third-order valence-corrected chi connectivity index (χ3v) is 2.56. The Balaban J connectivity index is 2.67. The summed E-state index contributed by atoms with van der Waals surface area (Å²) in [4.78, 5) is 0. The molecule has 0 spiro atoms. The molecule has 78 valence electrons. The minimum absolute atomic E-state index is 0.809. The quantitative estimate of drug-likeness (QED) is 0.637. The lowest BCUT2D eigenvalue weighted by Gasteiger charge is -2.09. The molecule has 0 unspecified atom stereocenters. The van der Waals surface area contributed by atoms with Crippen molar-refractivity contribution in [3.63, 3.8) is 0 Å². The molecule has 2 nitrogen and oxygen atoms in total. The summed E-state index contributed by atoms with van der Waals surface area (Å²) in [6.07, 6.45) is 0. The lowest BCUT2D eigenvalue weighted by atomic mass is 10.2. The summed E-state index contributed by atoms with van der Waals surface area (Å²) in [6.45, 7) is 1.71. The Morgan fingerprint density at radius 2 is 2.29 bits per heavy atom. The first-order valence-electron chi connectivity index (χ1n) is 4.42. The van der Waals surface area contributed by atoms with Gasteiger partial charge < -0.3 is 10.1 Å². The second kappa shape index (κ2) is 6.32. The second-order valence-electron chi connectivity index (χ2n) is 2.86. The molecule has 0 atom stereocenters. The fraction of sp³-hybridized carbons (Fsp3) is 0.400. The van der Waals surface area contributed by atoms with Crippen LogP contribution in [-0.4, -0.2) is 19.4 Å². The van der Waals surface area contributed by atoms with Crippen LogP contribution >= 0.6 is 28.6 Å². The molecule has 0 heterocycles. The molecule has 0 bridgehead atoms. The van der Waals surface area contributed by atoms with Crippen molar-refractivity contribution >= 4 is 28.6 Å². The fourth-order valence-electron chi connectivity index (χ4n) is 1.19. The molecule has 0 aromatic heterocycles. The van der Waals surface area contributed by atoms with Crippen molar-refractivity contribution in [2.75, 3.05) is 19.4 Å². The smallest absolute Gasteiger partial charge is 0.123 e. The van der Waals surface area contributed by atoms with E-state index in [4.69, 9.17) is 4.74 Å². The number of benzene rings is 1. The summed E-state index contributed by atoms with van der Waals surface area (Å²) in [5, 5.41) is 3.28. The van der Waals surface area contributed by atoms with E-state index in [0.717, 1.165) is 34.6 Å². The molecular formula is C10H14BrNOS. The molecular weight excluding hydrogens is 262 g/mol. The highest BCUT2D eigenvalue weighted by molar-refractivity contribution is 9.10. The molecule has 1 N–H and O–H groups in total. The van der Waals surface area contributed by atoms with Crippen LogP contribution in [0.1, 0.15) is 5.56 Å². The molecule has 14 heavy (non-hydrogen) atoms. The highest BCUT2D eigenvalue weighted by Gasteiger charge is 2.02. The summed E-state index contributed by atoms with van der Waals surface area (Å²) < 4.78 is 6.32. The van der Waals surface area contributed by atoms with E-state index in [9.17, 15) is 0 Å². The zero-order valence-corrected chi connectivity index (χ0v) is 10.6. The minimum Gasteiger partial charge on any atom is -0.496 e. The van der Waals surface area contributed by atoms with Crippen molar-refractivity contribution in [3.05, 3.63) is 28.2 Å². The lowest BCUT2D eigenvalue weighted by molar-refractivity contribution is 0.408. The van der Waals surface area contributed by atoms with Gasteiger partial charge in [-0.15, -0.1) is 0 Å². The van der Waals surface area contributed by atoms with Crippen molar-refractivity contribution in [1.29, 1.82) is 0 Å². The molecule has 0 saturated heterocycles. The third-order valence-electron chi connectivity index (χ3n) is 1.85. The van der Waals surface area contributed by atoms with Gasteiger partial charge in [-0.25, -0.2) is 0 Å². The molecule has 0 radical (unpaired) electrons. The van der Waals surface area contributed by atoms with E-state index in [0.29, 0.717) is 0 Å². The van der Waals surface area contributed by atoms with Gasteiger partial charge in [0.1, 0.15) is 5.75 Å². The fourth-order valence-corrected chi connectivity index (χ4v) is 1.75. The third kappa shape index (κ3) is 3.52. The number of halogens is 1. The van der Waals surface area contributed by atoms with Gasteiger partial charge in [-0.05, 0) is 18.2 Å². The van der Waals surface area contributed by atoms with E-state index in [1.54, 1.807) is 7.11 Å². The zero-order valence-electron chi connectivity index (χ0n) is 8.09. The lowest BCUT2D eigenvalue weighted by Crippen LogP contribution is -2.16. The van der Waals surface area contributed by atoms with Crippen LogP contribution in [0.3, 0.4) is 0 Å². The van der Waals surface area contributed by atoms with E-state index < -0.39 is 0 Å². The largest absolute Gasteiger partial charge is 0.496 e. The van der Waals surface area contributed by atoms with Crippen molar-refractivity contribution in [2.45, 2.75) is 6.54 Å². The molecule has 1 aromatic carbocycles. The molecule has 0 aliphatic rings. The van der Waals surface area contributed by atoms with E-state index in [-0.39, 0.29) is 0 Å². The topological polar surface area (TPSA) is 21.3 Å². The Kier molecular flexibility index (Phi) is 5.37. The highest BCUT2D eigenvalue weighted by atomic mass is 79.9. The van der Waals surface area contributed by atoms with E-state index in [1.165, 1.54) is 0 Å². The van der Waals surface area contributed by atoms with E-state index in [2.05, 4.69) is 39.9 Å². The monoisotopic (exact) mass is 275 g/mol. The maximum absolute atomic E-state index is 5.25. The van der Waals surface area contributed by atoms with Crippen molar-refractivity contribution in [3.8, 4) is 5.75 Å². The molecule has 0 saturated carbocycles.